The largest absolute Gasteiger partial charge is 0.489 e. The monoisotopic (exact) mass is 435 g/mol. The lowest BCUT2D eigenvalue weighted by molar-refractivity contribution is -0.145. The first-order valence-electron chi connectivity index (χ1n) is 9.66. The maximum Gasteiger partial charge on any atom is 0.349 e. The molecule has 1 heterocycles. The van der Waals surface area contributed by atoms with E-state index in [1.807, 2.05) is 0 Å². The number of aryl methyl sites for hydroxylation is 1. The van der Waals surface area contributed by atoms with Crippen molar-refractivity contribution in [2.24, 2.45) is 0 Å². The Kier molecular flexibility index (Phi) is 5.81. The van der Waals surface area contributed by atoms with Gasteiger partial charge in [-0.1, -0.05) is 30.3 Å². The molecule has 1 N–H and O–H groups in total. The van der Waals surface area contributed by atoms with Gasteiger partial charge in [0.05, 0.1) is 0 Å². The van der Waals surface area contributed by atoms with Crippen molar-refractivity contribution in [3.63, 3.8) is 0 Å². The normalized spacial score (nSPS) is 12.7. The first-order valence-corrected chi connectivity index (χ1v) is 9.66. The summed E-state index contributed by atoms with van der Waals surface area (Å²) < 4.78 is 36.5. The van der Waals surface area contributed by atoms with Gasteiger partial charge in [-0.2, -0.15) is 5.26 Å². The lowest BCUT2D eigenvalue weighted by atomic mass is 10.0. The SMILES string of the molecule is Cc1ccccc1C(Oc1cc(OCc2ccc3c(c2)OCO3)cc(F)c1C#N)C(=O)O. The van der Waals surface area contributed by atoms with Gasteiger partial charge in [0.1, 0.15) is 35.6 Å². The summed E-state index contributed by atoms with van der Waals surface area (Å²) in [7, 11) is 0. The van der Waals surface area contributed by atoms with Gasteiger partial charge in [-0.05, 0) is 30.2 Å². The molecule has 1 unspecified atom stereocenters. The molecule has 8 heteroatoms. The molecule has 4 rings (SSSR count). The Morgan fingerprint density at radius 3 is 2.72 bits per heavy atom. The van der Waals surface area contributed by atoms with Crippen LogP contribution in [0.4, 0.5) is 4.39 Å². The maximum absolute atomic E-state index is 14.6. The van der Waals surface area contributed by atoms with Crippen LogP contribution in [-0.2, 0) is 11.4 Å². The zero-order chi connectivity index (χ0) is 22.7. The number of nitriles is 1. The highest BCUT2D eigenvalue weighted by molar-refractivity contribution is 5.75. The van der Waals surface area contributed by atoms with Gasteiger partial charge in [0.15, 0.2) is 11.5 Å². The van der Waals surface area contributed by atoms with Crippen LogP contribution in [0.15, 0.2) is 54.6 Å². The molecular formula is C24H18FNO6. The zero-order valence-electron chi connectivity index (χ0n) is 17.0. The van der Waals surface area contributed by atoms with E-state index >= 15 is 0 Å². The smallest absolute Gasteiger partial charge is 0.349 e. The van der Waals surface area contributed by atoms with Gasteiger partial charge < -0.3 is 24.1 Å². The fourth-order valence-corrected chi connectivity index (χ4v) is 3.29. The Bertz CT molecular complexity index is 1220. The summed E-state index contributed by atoms with van der Waals surface area (Å²) in [6.45, 7) is 1.97. The van der Waals surface area contributed by atoms with Gasteiger partial charge in [-0.3, -0.25) is 0 Å². The molecule has 7 nitrogen and oxygen atoms in total. The third-order valence-corrected chi connectivity index (χ3v) is 4.92. The number of ether oxygens (including phenoxy) is 4. The molecule has 0 aliphatic carbocycles. The van der Waals surface area contributed by atoms with Crippen molar-refractivity contribution in [3.05, 3.63) is 82.7 Å². The third-order valence-electron chi connectivity index (χ3n) is 4.92. The van der Waals surface area contributed by atoms with E-state index in [4.69, 9.17) is 18.9 Å². The van der Waals surface area contributed by atoms with Gasteiger partial charge >= 0.3 is 5.97 Å². The molecule has 3 aromatic rings. The number of carboxylic acid groups (broad SMARTS) is 1. The molecule has 0 aromatic heterocycles. The van der Waals surface area contributed by atoms with Crippen LogP contribution >= 0.6 is 0 Å². The highest BCUT2D eigenvalue weighted by atomic mass is 19.1. The molecule has 1 aliphatic rings. The van der Waals surface area contributed by atoms with Crippen molar-refractivity contribution in [1.29, 1.82) is 5.26 Å². The molecule has 0 radical (unpaired) electrons. The van der Waals surface area contributed by atoms with E-state index < -0.39 is 23.5 Å². The number of benzene rings is 3. The molecule has 0 spiro atoms. The molecule has 0 amide bonds. The van der Waals surface area contributed by atoms with E-state index in [9.17, 15) is 19.6 Å². The summed E-state index contributed by atoms with van der Waals surface area (Å²) in [6, 6.07) is 16.2. The summed E-state index contributed by atoms with van der Waals surface area (Å²) in [4.78, 5) is 11.9. The quantitative estimate of drug-likeness (QED) is 0.583. The molecule has 0 saturated heterocycles. The lowest BCUT2D eigenvalue weighted by Gasteiger charge is -2.19. The molecular weight excluding hydrogens is 417 g/mol. The minimum absolute atomic E-state index is 0.0849. The minimum Gasteiger partial charge on any atom is -0.489 e. The molecule has 162 valence electrons. The van der Waals surface area contributed by atoms with Crippen molar-refractivity contribution < 1.29 is 33.2 Å². The third kappa shape index (κ3) is 4.27. The van der Waals surface area contributed by atoms with Crippen LogP contribution in [0.5, 0.6) is 23.0 Å². The van der Waals surface area contributed by atoms with Crippen LogP contribution in [0.2, 0.25) is 0 Å². The van der Waals surface area contributed by atoms with E-state index in [0.717, 1.165) is 11.6 Å². The number of carboxylic acids is 1. The molecule has 1 aliphatic heterocycles. The van der Waals surface area contributed by atoms with Crippen molar-refractivity contribution in [1.82, 2.24) is 0 Å². The lowest BCUT2D eigenvalue weighted by Crippen LogP contribution is -2.20. The van der Waals surface area contributed by atoms with E-state index in [1.165, 1.54) is 6.07 Å². The van der Waals surface area contributed by atoms with Crippen LogP contribution < -0.4 is 18.9 Å². The topological polar surface area (TPSA) is 98.0 Å². The van der Waals surface area contributed by atoms with Gasteiger partial charge in [0, 0.05) is 17.7 Å². The zero-order valence-corrected chi connectivity index (χ0v) is 17.0. The number of halogens is 1. The van der Waals surface area contributed by atoms with Gasteiger partial charge in [-0.15, -0.1) is 0 Å². The van der Waals surface area contributed by atoms with E-state index in [2.05, 4.69) is 0 Å². The summed E-state index contributed by atoms with van der Waals surface area (Å²) in [5.74, 6) is -1.06. The number of aliphatic carboxylic acids is 1. The van der Waals surface area contributed by atoms with Crippen LogP contribution in [-0.4, -0.2) is 17.9 Å². The average molecular weight is 435 g/mol. The first kappa shape index (κ1) is 21.0. The molecule has 0 saturated carbocycles. The van der Waals surface area contributed by atoms with E-state index in [1.54, 1.807) is 55.5 Å². The highest BCUT2D eigenvalue weighted by Gasteiger charge is 2.26. The van der Waals surface area contributed by atoms with Crippen molar-refractivity contribution in [2.75, 3.05) is 6.79 Å². The van der Waals surface area contributed by atoms with Gasteiger partial charge in [0.25, 0.3) is 0 Å². The highest BCUT2D eigenvalue weighted by Crippen LogP contribution is 2.34. The van der Waals surface area contributed by atoms with Crippen LogP contribution in [0.25, 0.3) is 0 Å². The minimum atomic E-state index is -1.42. The Hall–Kier alpha value is -4.25. The Balaban J connectivity index is 1.60. The molecule has 32 heavy (non-hydrogen) atoms. The van der Waals surface area contributed by atoms with Crippen LogP contribution in [0.3, 0.4) is 0 Å². The number of nitrogens with zero attached hydrogens (tertiary/aromatic N) is 1. The summed E-state index contributed by atoms with van der Waals surface area (Å²) in [5, 5.41) is 19.1. The summed E-state index contributed by atoms with van der Waals surface area (Å²) in [6.07, 6.45) is -1.42. The predicted octanol–water partition coefficient (Wildman–Crippen LogP) is 4.52. The Labute approximate surface area is 183 Å². The fourth-order valence-electron chi connectivity index (χ4n) is 3.29. The predicted molar refractivity (Wildman–Crippen MR) is 110 cm³/mol. The number of fused-ring (bicyclic) bond motifs is 1. The molecule has 0 fully saturated rings. The second-order valence-corrected chi connectivity index (χ2v) is 7.06. The van der Waals surface area contributed by atoms with Gasteiger partial charge in [-0.25, -0.2) is 9.18 Å². The number of hydrogen-bond donors (Lipinski definition) is 1. The summed E-state index contributed by atoms with van der Waals surface area (Å²) in [5.41, 5.74) is 1.44. The van der Waals surface area contributed by atoms with Crippen molar-refractivity contribution in [2.45, 2.75) is 19.6 Å². The second kappa shape index (κ2) is 8.86. The van der Waals surface area contributed by atoms with E-state index in [-0.39, 0.29) is 24.9 Å². The molecule has 1 atom stereocenters. The number of hydrogen-bond acceptors (Lipinski definition) is 6. The molecule has 3 aromatic carbocycles. The number of rotatable bonds is 7. The van der Waals surface area contributed by atoms with Crippen LogP contribution in [0.1, 0.15) is 28.4 Å². The van der Waals surface area contributed by atoms with E-state index in [0.29, 0.717) is 22.6 Å². The standard InChI is InChI=1S/C24H18FNO6/c1-14-4-2-3-5-17(14)23(24(27)28)32-21-10-16(9-19(25)18(21)11-26)29-12-15-6-7-20-22(8-15)31-13-30-20/h2-10,23H,12-13H2,1H3,(H,27,28). The van der Waals surface area contributed by atoms with Crippen molar-refractivity contribution in [3.8, 4) is 29.1 Å². The average Bonchev–Trinajstić information content (AvgIpc) is 3.24. The maximum atomic E-state index is 14.6. The van der Waals surface area contributed by atoms with Crippen LogP contribution in [0, 0.1) is 24.1 Å². The Morgan fingerprint density at radius 1 is 1.19 bits per heavy atom. The fraction of sp³-hybridized carbons (Fsp3) is 0.167. The van der Waals surface area contributed by atoms with Crippen molar-refractivity contribution >= 4 is 5.97 Å². The number of carbonyl (C=O) groups is 1. The first-order chi connectivity index (χ1) is 15.5. The Morgan fingerprint density at radius 2 is 1.97 bits per heavy atom. The second-order valence-electron chi connectivity index (χ2n) is 7.06. The van der Waals surface area contributed by atoms with Gasteiger partial charge in [0.2, 0.25) is 12.9 Å². The summed E-state index contributed by atoms with van der Waals surface area (Å²) >= 11 is 0. The molecule has 0 bridgehead atoms.